The number of anilines is 1. The first-order valence-electron chi connectivity index (χ1n) is 11.8. The molecule has 2 atom stereocenters. The van der Waals surface area contributed by atoms with Crippen molar-refractivity contribution in [1.82, 2.24) is 14.8 Å². The van der Waals surface area contributed by atoms with Gasteiger partial charge in [0.15, 0.2) is 0 Å². The maximum absolute atomic E-state index is 14.4. The monoisotopic (exact) mass is 452 g/mol. The Morgan fingerprint density at radius 1 is 1.21 bits per heavy atom. The van der Waals surface area contributed by atoms with Crippen molar-refractivity contribution < 1.29 is 14.0 Å². The van der Waals surface area contributed by atoms with Gasteiger partial charge in [-0.25, -0.2) is 4.39 Å². The van der Waals surface area contributed by atoms with Gasteiger partial charge in [0, 0.05) is 55.7 Å². The van der Waals surface area contributed by atoms with Crippen molar-refractivity contribution in [2.75, 3.05) is 25.0 Å². The topological polar surface area (TPSA) is 65.5 Å². The molecule has 2 aliphatic rings. The van der Waals surface area contributed by atoms with Gasteiger partial charge in [-0.05, 0) is 74.9 Å². The van der Waals surface area contributed by atoms with E-state index in [-0.39, 0.29) is 29.6 Å². The van der Waals surface area contributed by atoms with Gasteiger partial charge >= 0.3 is 0 Å². The summed E-state index contributed by atoms with van der Waals surface area (Å²) >= 11 is 0. The number of carbonyl (C=O) groups excluding carboxylic acids is 2. The van der Waals surface area contributed by atoms with Crippen LogP contribution in [-0.2, 0) is 11.3 Å². The highest BCUT2D eigenvalue weighted by molar-refractivity contribution is 6.04. The molecule has 176 valence electrons. The van der Waals surface area contributed by atoms with Crippen molar-refractivity contribution in [1.29, 1.82) is 0 Å². The Kier molecular flexibility index (Phi) is 6.79. The Hall–Kier alpha value is -2.80. The molecule has 0 radical (unpaired) electrons. The maximum Gasteiger partial charge on any atom is 0.257 e. The minimum absolute atomic E-state index is 0.111. The molecule has 0 spiro atoms. The molecule has 1 unspecified atom stereocenters. The average Bonchev–Trinajstić information content (AvgIpc) is 3.62. The van der Waals surface area contributed by atoms with Gasteiger partial charge in [-0.15, -0.1) is 0 Å². The van der Waals surface area contributed by atoms with Crippen LogP contribution in [0.4, 0.5) is 10.1 Å². The highest BCUT2D eigenvalue weighted by Crippen LogP contribution is 2.38. The van der Waals surface area contributed by atoms with Gasteiger partial charge < -0.3 is 10.2 Å². The highest BCUT2D eigenvalue weighted by atomic mass is 19.1. The Morgan fingerprint density at radius 2 is 1.97 bits per heavy atom. The number of nitrogens with one attached hydrogen (secondary N) is 1. The van der Waals surface area contributed by atoms with Crippen molar-refractivity contribution >= 4 is 17.5 Å². The fourth-order valence-corrected chi connectivity index (χ4v) is 4.63. The lowest BCUT2D eigenvalue weighted by Crippen LogP contribution is -2.55. The first-order chi connectivity index (χ1) is 15.7. The van der Waals surface area contributed by atoms with E-state index in [1.807, 2.05) is 18.7 Å². The summed E-state index contributed by atoms with van der Waals surface area (Å²) in [5.74, 6) is 0.240. The number of nitrogens with zero attached hydrogens (tertiary/aromatic N) is 3. The van der Waals surface area contributed by atoms with E-state index in [2.05, 4.69) is 29.0 Å². The summed E-state index contributed by atoms with van der Waals surface area (Å²) in [5.41, 5.74) is 3.41. The van der Waals surface area contributed by atoms with Gasteiger partial charge in [0.25, 0.3) is 5.91 Å². The predicted molar refractivity (Wildman–Crippen MR) is 126 cm³/mol. The number of aryl methyl sites for hydroxylation is 1. The van der Waals surface area contributed by atoms with Gasteiger partial charge in [0.2, 0.25) is 5.91 Å². The lowest BCUT2D eigenvalue weighted by molar-refractivity contribution is -0.140. The van der Waals surface area contributed by atoms with Crippen molar-refractivity contribution in [3.63, 3.8) is 0 Å². The number of rotatable bonds is 6. The predicted octanol–water partition coefficient (Wildman–Crippen LogP) is 4.17. The molecular weight excluding hydrogens is 419 g/mol. The summed E-state index contributed by atoms with van der Waals surface area (Å²) in [4.78, 5) is 33.9. The normalized spacial score (nSPS) is 19.9. The molecule has 1 saturated carbocycles. The molecule has 2 aromatic rings. The van der Waals surface area contributed by atoms with Crippen molar-refractivity contribution in [3.05, 3.63) is 58.7 Å². The van der Waals surface area contributed by atoms with Crippen molar-refractivity contribution in [3.8, 4) is 0 Å². The van der Waals surface area contributed by atoms with Crippen LogP contribution in [0, 0.1) is 31.5 Å². The standard InChI is InChI=1S/C26H33FN4O2/c1-16-5-6-21(13-28-16)25(32)29-24-12-23(27)11-22(18(24)3)15-30-9-10-31(17(2)14-30)26(33)19(4)20-7-8-20/h5-6,11-13,17,19-20H,7-10,14-15H2,1-4H3,(H,29,32)/t17-,19?/m0/s1. The number of pyridine rings is 1. The Morgan fingerprint density at radius 3 is 2.61 bits per heavy atom. The van der Waals surface area contributed by atoms with Gasteiger partial charge in [-0.2, -0.15) is 0 Å². The van der Waals surface area contributed by atoms with Crippen LogP contribution in [0.1, 0.15) is 53.9 Å². The Bertz CT molecular complexity index is 1040. The first-order valence-corrected chi connectivity index (χ1v) is 11.8. The van der Waals surface area contributed by atoms with Crippen molar-refractivity contribution in [2.45, 2.75) is 53.1 Å². The number of amides is 2. The Labute approximate surface area is 195 Å². The summed E-state index contributed by atoms with van der Waals surface area (Å²) in [6.45, 7) is 10.7. The van der Waals surface area contributed by atoms with E-state index in [0.29, 0.717) is 30.3 Å². The van der Waals surface area contributed by atoms with E-state index in [1.165, 1.54) is 31.2 Å². The number of halogens is 1. The second kappa shape index (κ2) is 9.59. The van der Waals surface area contributed by atoms with Crippen LogP contribution in [0.25, 0.3) is 0 Å². The summed E-state index contributed by atoms with van der Waals surface area (Å²) in [5, 5.41) is 2.83. The van der Waals surface area contributed by atoms with Crippen LogP contribution in [0.3, 0.4) is 0 Å². The fraction of sp³-hybridized carbons (Fsp3) is 0.500. The number of hydrogen-bond acceptors (Lipinski definition) is 4. The Balaban J connectivity index is 1.42. The van der Waals surface area contributed by atoms with E-state index in [4.69, 9.17) is 0 Å². The second-order valence-corrected chi connectivity index (χ2v) is 9.62. The molecule has 6 nitrogen and oxygen atoms in total. The molecule has 1 aromatic carbocycles. The second-order valence-electron chi connectivity index (χ2n) is 9.62. The van der Waals surface area contributed by atoms with Crippen molar-refractivity contribution in [2.24, 2.45) is 11.8 Å². The lowest BCUT2D eigenvalue weighted by Gasteiger charge is -2.41. The molecule has 1 aliphatic carbocycles. The maximum atomic E-state index is 14.4. The van der Waals surface area contributed by atoms with Crippen LogP contribution in [0.2, 0.25) is 0 Å². The zero-order chi connectivity index (χ0) is 23.7. The number of aromatic nitrogens is 1. The smallest absolute Gasteiger partial charge is 0.257 e. The van der Waals surface area contributed by atoms with Crippen LogP contribution in [0.15, 0.2) is 30.5 Å². The molecule has 1 saturated heterocycles. The molecule has 1 aromatic heterocycles. The number of benzene rings is 1. The SMILES string of the molecule is Cc1ccc(C(=O)Nc2cc(F)cc(CN3CCN(C(=O)C(C)C4CC4)[C@@H](C)C3)c2C)cn1. The van der Waals surface area contributed by atoms with Gasteiger partial charge in [-0.1, -0.05) is 6.92 Å². The summed E-state index contributed by atoms with van der Waals surface area (Å²) in [6, 6.07) is 6.50. The molecular formula is C26H33FN4O2. The fourth-order valence-electron chi connectivity index (χ4n) is 4.63. The third-order valence-corrected chi connectivity index (χ3v) is 7.01. The molecule has 0 bridgehead atoms. The third-order valence-electron chi connectivity index (χ3n) is 7.01. The first kappa shape index (κ1) is 23.4. The molecule has 7 heteroatoms. The van der Waals surface area contributed by atoms with E-state index >= 15 is 0 Å². The molecule has 1 aliphatic heterocycles. The van der Waals surface area contributed by atoms with Gasteiger partial charge in [-0.3, -0.25) is 19.5 Å². The van der Waals surface area contributed by atoms with Crippen LogP contribution in [0.5, 0.6) is 0 Å². The van der Waals surface area contributed by atoms with E-state index in [9.17, 15) is 14.0 Å². The summed E-state index contributed by atoms with van der Waals surface area (Å²) in [6.07, 6.45) is 3.85. The van der Waals surface area contributed by atoms with E-state index in [0.717, 1.165) is 29.9 Å². The summed E-state index contributed by atoms with van der Waals surface area (Å²) < 4.78 is 14.4. The highest BCUT2D eigenvalue weighted by Gasteiger charge is 2.37. The molecule has 2 heterocycles. The molecule has 33 heavy (non-hydrogen) atoms. The number of carbonyl (C=O) groups is 2. The molecule has 1 N–H and O–H groups in total. The van der Waals surface area contributed by atoms with Crippen LogP contribution < -0.4 is 5.32 Å². The average molecular weight is 453 g/mol. The minimum Gasteiger partial charge on any atom is -0.337 e. The molecule has 4 rings (SSSR count). The number of hydrogen-bond donors (Lipinski definition) is 1. The zero-order valence-corrected chi connectivity index (χ0v) is 19.9. The zero-order valence-electron chi connectivity index (χ0n) is 19.9. The van der Waals surface area contributed by atoms with Gasteiger partial charge in [0.05, 0.1) is 5.56 Å². The van der Waals surface area contributed by atoms with E-state index < -0.39 is 0 Å². The molecule has 2 fully saturated rings. The quantitative estimate of drug-likeness (QED) is 0.715. The summed E-state index contributed by atoms with van der Waals surface area (Å²) in [7, 11) is 0. The van der Waals surface area contributed by atoms with Crippen LogP contribution in [-0.4, -0.2) is 52.3 Å². The van der Waals surface area contributed by atoms with Crippen LogP contribution >= 0.6 is 0 Å². The lowest BCUT2D eigenvalue weighted by atomic mass is 10.0. The number of piperazine rings is 1. The minimum atomic E-state index is -0.381. The molecule has 2 amide bonds. The third kappa shape index (κ3) is 5.41. The van der Waals surface area contributed by atoms with Gasteiger partial charge in [0.1, 0.15) is 5.82 Å². The largest absolute Gasteiger partial charge is 0.337 e. The van der Waals surface area contributed by atoms with E-state index in [1.54, 1.807) is 12.1 Å².